The smallest absolute Gasteiger partial charge is 0.379 e. The van der Waals surface area contributed by atoms with E-state index in [-0.39, 0.29) is 24.0 Å². The van der Waals surface area contributed by atoms with Gasteiger partial charge >= 0.3 is 5.97 Å². The van der Waals surface area contributed by atoms with Crippen LogP contribution in [0.25, 0.3) is 0 Å². The molecule has 0 radical (unpaired) electrons. The Labute approximate surface area is 109 Å². The Morgan fingerprint density at radius 1 is 1.44 bits per heavy atom. The molecule has 0 saturated carbocycles. The zero-order valence-electron chi connectivity index (χ0n) is 9.91. The monoisotopic (exact) mass is 270 g/mol. The number of benzene rings is 1. The number of ether oxygens (including phenoxy) is 3. The van der Waals surface area contributed by atoms with Gasteiger partial charge in [0, 0.05) is 5.56 Å². The quantitative estimate of drug-likeness (QED) is 0.478. The van der Waals surface area contributed by atoms with E-state index < -0.39 is 11.8 Å². The maximum Gasteiger partial charge on any atom is 0.379 e. The fraction of sp³-hybridized carbons (Fsp3) is 0.333. The summed E-state index contributed by atoms with van der Waals surface area (Å²) in [5.74, 6) is -0.891. The van der Waals surface area contributed by atoms with Gasteiger partial charge in [-0.1, -0.05) is 11.6 Å². The van der Waals surface area contributed by atoms with Crippen LogP contribution >= 0.6 is 11.6 Å². The third-order valence-electron chi connectivity index (χ3n) is 2.55. The summed E-state index contributed by atoms with van der Waals surface area (Å²) >= 11 is 6.06. The summed E-state index contributed by atoms with van der Waals surface area (Å²) in [4.78, 5) is 23.3. The molecule has 96 valence electrons. The van der Waals surface area contributed by atoms with E-state index in [0.29, 0.717) is 17.1 Å². The van der Waals surface area contributed by atoms with Crippen molar-refractivity contribution >= 4 is 23.4 Å². The Hall–Kier alpha value is -1.75. The lowest BCUT2D eigenvalue weighted by molar-refractivity contribution is -0.137. The molecule has 5 nitrogen and oxygen atoms in total. The van der Waals surface area contributed by atoms with Gasteiger partial charge < -0.3 is 14.2 Å². The number of Topliss-reactive ketones (excluding diaryl/α,β-unsaturated/α-hetero) is 1. The topological polar surface area (TPSA) is 61.8 Å². The molecule has 0 spiro atoms. The zero-order chi connectivity index (χ0) is 13.3. The molecule has 1 aliphatic heterocycles. The molecule has 0 fully saturated rings. The zero-order valence-corrected chi connectivity index (χ0v) is 10.7. The van der Waals surface area contributed by atoms with Crippen molar-refractivity contribution in [3.8, 4) is 11.5 Å². The third-order valence-corrected chi connectivity index (χ3v) is 3.01. The van der Waals surface area contributed by atoms with Crippen molar-refractivity contribution in [2.75, 3.05) is 13.4 Å². The number of esters is 1. The molecular weight excluding hydrogens is 260 g/mol. The van der Waals surface area contributed by atoms with Crippen LogP contribution < -0.4 is 9.47 Å². The molecule has 1 heterocycles. The molecule has 6 heteroatoms. The number of halogens is 1. The van der Waals surface area contributed by atoms with Crippen molar-refractivity contribution in [1.82, 2.24) is 0 Å². The molecule has 0 atom stereocenters. The van der Waals surface area contributed by atoms with Crippen LogP contribution in [0, 0.1) is 6.92 Å². The first-order chi connectivity index (χ1) is 8.56. The first-order valence-corrected chi connectivity index (χ1v) is 5.74. The summed E-state index contributed by atoms with van der Waals surface area (Å²) < 4.78 is 15.0. The highest BCUT2D eigenvalue weighted by Gasteiger charge is 2.27. The van der Waals surface area contributed by atoms with E-state index in [1.54, 1.807) is 13.8 Å². The van der Waals surface area contributed by atoms with E-state index in [9.17, 15) is 9.59 Å². The average Bonchev–Trinajstić information content (AvgIpc) is 2.81. The molecule has 1 aromatic carbocycles. The van der Waals surface area contributed by atoms with Gasteiger partial charge in [-0.3, -0.25) is 4.79 Å². The highest BCUT2D eigenvalue weighted by molar-refractivity contribution is 6.42. The summed E-state index contributed by atoms with van der Waals surface area (Å²) in [5, 5.41) is 0.276. The van der Waals surface area contributed by atoms with Crippen LogP contribution in [0.3, 0.4) is 0 Å². The Bertz CT molecular complexity index is 524. The van der Waals surface area contributed by atoms with Crippen molar-refractivity contribution in [3.63, 3.8) is 0 Å². The predicted molar refractivity (Wildman–Crippen MR) is 63.3 cm³/mol. The van der Waals surface area contributed by atoms with Crippen LogP contribution in [0.4, 0.5) is 0 Å². The summed E-state index contributed by atoms with van der Waals surface area (Å²) in [6.45, 7) is 3.45. The van der Waals surface area contributed by atoms with Crippen LogP contribution in [-0.4, -0.2) is 25.2 Å². The third kappa shape index (κ3) is 2.01. The Kier molecular flexibility index (Phi) is 3.43. The Morgan fingerprint density at radius 2 is 2.17 bits per heavy atom. The van der Waals surface area contributed by atoms with Crippen LogP contribution in [0.2, 0.25) is 5.02 Å². The van der Waals surface area contributed by atoms with E-state index in [4.69, 9.17) is 21.1 Å². The molecule has 0 amide bonds. The van der Waals surface area contributed by atoms with Crippen molar-refractivity contribution < 1.29 is 23.8 Å². The Balaban J connectivity index is 2.43. The van der Waals surface area contributed by atoms with Gasteiger partial charge in [-0.25, -0.2) is 4.79 Å². The molecule has 0 aromatic heterocycles. The van der Waals surface area contributed by atoms with Gasteiger partial charge in [-0.05, 0) is 25.5 Å². The number of hydrogen-bond acceptors (Lipinski definition) is 5. The summed E-state index contributed by atoms with van der Waals surface area (Å²) in [7, 11) is 0. The SMILES string of the molecule is CCOC(=O)C(=O)c1cc2c(c(Cl)c1C)OCO2. The molecule has 1 aliphatic rings. The standard InChI is InChI=1S/C12H11ClO5/c1-3-16-12(15)10(14)7-4-8-11(18-5-17-8)9(13)6(7)2/h4H,3,5H2,1-2H3. The predicted octanol–water partition coefficient (Wildman–Crippen LogP) is 2.12. The minimum Gasteiger partial charge on any atom is -0.460 e. The van der Waals surface area contributed by atoms with Crippen molar-refractivity contribution in [3.05, 3.63) is 22.2 Å². The minimum absolute atomic E-state index is 0.0472. The van der Waals surface area contributed by atoms with E-state index in [0.717, 1.165) is 0 Å². The maximum absolute atomic E-state index is 11.9. The van der Waals surface area contributed by atoms with Crippen LogP contribution in [0.15, 0.2) is 6.07 Å². The molecule has 1 aromatic rings. The molecule has 0 bridgehead atoms. The lowest BCUT2D eigenvalue weighted by Gasteiger charge is -2.08. The van der Waals surface area contributed by atoms with E-state index in [1.807, 2.05) is 0 Å². The number of fused-ring (bicyclic) bond motifs is 1. The number of carbonyl (C=O) groups excluding carboxylic acids is 2. The van der Waals surface area contributed by atoms with Crippen molar-refractivity contribution in [2.24, 2.45) is 0 Å². The molecule has 2 rings (SSSR count). The number of hydrogen-bond donors (Lipinski definition) is 0. The van der Waals surface area contributed by atoms with Gasteiger partial charge in [0.05, 0.1) is 11.6 Å². The lowest BCUT2D eigenvalue weighted by Crippen LogP contribution is -2.18. The molecule has 0 N–H and O–H groups in total. The van der Waals surface area contributed by atoms with Crippen LogP contribution in [0.1, 0.15) is 22.8 Å². The molecule has 0 aliphatic carbocycles. The van der Waals surface area contributed by atoms with Gasteiger partial charge in [0.25, 0.3) is 5.78 Å². The van der Waals surface area contributed by atoms with Crippen LogP contribution in [0.5, 0.6) is 11.5 Å². The van der Waals surface area contributed by atoms with Crippen molar-refractivity contribution in [2.45, 2.75) is 13.8 Å². The first kappa shape index (κ1) is 12.7. The van der Waals surface area contributed by atoms with Gasteiger partial charge in [0.1, 0.15) is 0 Å². The number of carbonyl (C=O) groups is 2. The molecule has 0 saturated heterocycles. The normalized spacial score (nSPS) is 12.4. The van der Waals surface area contributed by atoms with Gasteiger partial charge in [-0.2, -0.15) is 0 Å². The van der Waals surface area contributed by atoms with Gasteiger partial charge in [0.15, 0.2) is 11.5 Å². The van der Waals surface area contributed by atoms with Gasteiger partial charge in [-0.15, -0.1) is 0 Å². The maximum atomic E-state index is 11.9. The largest absolute Gasteiger partial charge is 0.460 e. The van der Waals surface area contributed by atoms with E-state index in [1.165, 1.54) is 6.07 Å². The average molecular weight is 271 g/mol. The fourth-order valence-corrected chi connectivity index (χ4v) is 1.89. The molecule has 18 heavy (non-hydrogen) atoms. The first-order valence-electron chi connectivity index (χ1n) is 5.36. The fourth-order valence-electron chi connectivity index (χ4n) is 1.64. The highest BCUT2D eigenvalue weighted by atomic mass is 35.5. The number of ketones is 1. The molecular formula is C12H11ClO5. The van der Waals surface area contributed by atoms with E-state index in [2.05, 4.69) is 4.74 Å². The summed E-state index contributed by atoms with van der Waals surface area (Å²) in [6.07, 6.45) is 0. The lowest BCUT2D eigenvalue weighted by atomic mass is 10.0. The summed E-state index contributed by atoms with van der Waals surface area (Å²) in [5.41, 5.74) is 0.640. The molecule has 0 unspecified atom stereocenters. The van der Waals surface area contributed by atoms with E-state index >= 15 is 0 Å². The Morgan fingerprint density at radius 3 is 2.83 bits per heavy atom. The highest BCUT2D eigenvalue weighted by Crippen LogP contribution is 2.42. The second kappa shape index (κ2) is 4.86. The summed E-state index contributed by atoms with van der Waals surface area (Å²) in [6, 6.07) is 1.45. The van der Waals surface area contributed by atoms with Gasteiger partial charge in [0.2, 0.25) is 6.79 Å². The second-order valence-electron chi connectivity index (χ2n) is 3.65. The number of rotatable bonds is 3. The van der Waals surface area contributed by atoms with Crippen molar-refractivity contribution in [1.29, 1.82) is 0 Å². The minimum atomic E-state index is -0.907. The van der Waals surface area contributed by atoms with Crippen LogP contribution in [-0.2, 0) is 9.53 Å². The second-order valence-corrected chi connectivity index (χ2v) is 4.02.